The molecule has 4 aromatic rings. The third-order valence-corrected chi connectivity index (χ3v) is 6.40. The van der Waals surface area contributed by atoms with E-state index in [2.05, 4.69) is 5.32 Å². The number of nitriles is 1. The number of nitrogens with one attached hydrogen (secondary N) is 1. The first-order valence-electron chi connectivity index (χ1n) is 11.4. The van der Waals surface area contributed by atoms with Gasteiger partial charge in [0.15, 0.2) is 0 Å². The van der Waals surface area contributed by atoms with E-state index >= 15 is 0 Å². The van der Waals surface area contributed by atoms with Gasteiger partial charge in [-0.05, 0) is 43.7 Å². The Morgan fingerprint density at radius 2 is 1.79 bits per heavy atom. The summed E-state index contributed by atoms with van der Waals surface area (Å²) in [5.41, 5.74) is 2.99. The monoisotopic (exact) mass is 527 g/mol. The van der Waals surface area contributed by atoms with E-state index in [0.29, 0.717) is 16.9 Å². The maximum atomic E-state index is 13.0. The highest BCUT2D eigenvalue weighted by Crippen LogP contribution is 2.36. The Morgan fingerprint density at radius 1 is 1.11 bits per heavy atom. The molecular formula is C28H21N3O6S. The van der Waals surface area contributed by atoms with Crippen LogP contribution in [-0.2, 0) is 9.53 Å². The molecule has 0 unspecified atom stereocenters. The average Bonchev–Trinajstić information content (AvgIpc) is 3.55. The molecule has 2 aromatic carbocycles. The topological polar surface area (TPSA) is 135 Å². The second-order valence-corrected chi connectivity index (χ2v) is 8.95. The van der Waals surface area contributed by atoms with Gasteiger partial charge in [-0.25, -0.2) is 4.79 Å². The van der Waals surface area contributed by atoms with Crippen LogP contribution in [0.15, 0.2) is 76.0 Å². The van der Waals surface area contributed by atoms with Gasteiger partial charge >= 0.3 is 5.97 Å². The van der Waals surface area contributed by atoms with Crippen molar-refractivity contribution in [1.82, 2.24) is 0 Å². The molecule has 2 aromatic heterocycles. The molecule has 9 nitrogen and oxygen atoms in total. The van der Waals surface area contributed by atoms with E-state index in [1.807, 2.05) is 37.3 Å². The summed E-state index contributed by atoms with van der Waals surface area (Å²) >= 11 is 1.16. The van der Waals surface area contributed by atoms with Crippen molar-refractivity contribution >= 4 is 40.0 Å². The van der Waals surface area contributed by atoms with Crippen molar-refractivity contribution in [2.45, 2.75) is 13.8 Å². The molecule has 0 aliphatic carbocycles. The standard InChI is InChI=1S/C28H21N3O6S/c1-3-36-28(33)25-23(18-6-4-17(2)5-7-18)16-38-27(25)30-26(32)20(15-29)14-22-12-13-24(37-22)19-8-10-21(11-9-19)31(34)35/h4-14,16H,3H2,1-2H3,(H,30,32)/b20-14+. The highest BCUT2D eigenvalue weighted by molar-refractivity contribution is 7.15. The number of amides is 1. The molecular weight excluding hydrogens is 506 g/mol. The molecule has 0 aliphatic heterocycles. The Hall–Kier alpha value is -5.01. The highest BCUT2D eigenvalue weighted by Gasteiger charge is 2.24. The van der Waals surface area contributed by atoms with Crippen molar-refractivity contribution in [3.63, 3.8) is 0 Å². The predicted octanol–water partition coefficient (Wildman–Crippen LogP) is 6.61. The van der Waals surface area contributed by atoms with Crippen LogP contribution in [-0.4, -0.2) is 23.4 Å². The lowest BCUT2D eigenvalue weighted by molar-refractivity contribution is -0.384. The van der Waals surface area contributed by atoms with Crippen LogP contribution in [0.2, 0.25) is 0 Å². The number of nitro groups is 1. The van der Waals surface area contributed by atoms with Gasteiger partial charge in [0.1, 0.15) is 33.7 Å². The molecule has 1 N–H and O–H groups in total. The number of thiophene rings is 1. The first-order valence-corrected chi connectivity index (χ1v) is 12.3. The zero-order valence-electron chi connectivity index (χ0n) is 20.4. The SMILES string of the molecule is CCOC(=O)c1c(-c2ccc(C)cc2)csc1NC(=O)/C(C#N)=C/c1ccc(-c2ccc([N+](=O)[O-])cc2)o1. The number of ether oxygens (including phenoxy) is 1. The van der Waals surface area contributed by atoms with Gasteiger partial charge in [0.25, 0.3) is 11.6 Å². The van der Waals surface area contributed by atoms with E-state index < -0.39 is 16.8 Å². The number of furan rings is 1. The zero-order chi connectivity index (χ0) is 27.2. The van der Waals surface area contributed by atoms with Crippen LogP contribution < -0.4 is 5.32 Å². The largest absolute Gasteiger partial charge is 0.462 e. The van der Waals surface area contributed by atoms with Crippen LogP contribution in [0.25, 0.3) is 28.5 Å². The van der Waals surface area contributed by atoms with E-state index in [1.165, 1.54) is 18.2 Å². The molecule has 10 heteroatoms. The van der Waals surface area contributed by atoms with Gasteiger partial charge in [-0.15, -0.1) is 11.3 Å². The average molecular weight is 528 g/mol. The van der Waals surface area contributed by atoms with Crippen molar-refractivity contribution in [2.75, 3.05) is 11.9 Å². The van der Waals surface area contributed by atoms with E-state index in [4.69, 9.17) is 9.15 Å². The number of hydrogen-bond acceptors (Lipinski definition) is 8. The lowest BCUT2D eigenvalue weighted by Gasteiger charge is -2.09. The molecule has 0 aliphatic rings. The number of nitrogens with zero attached hydrogens (tertiary/aromatic N) is 2. The molecule has 38 heavy (non-hydrogen) atoms. The van der Waals surface area contributed by atoms with Crippen LogP contribution in [0, 0.1) is 28.4 Å². The fourth-order valence-corrected chi connectivity index (χ4v) is 4.55. The molecule has 4 rings (SSSR count). The van der Waals surface area contributed by atoms with Crippen molar-refractivity contribution in [1.29, 1.82) is 5.26 Å². The predicted molar refractivity (Wildman–Crippen MR) is 143 cm³/mol. The molecule has 1 amide bonds. The number of anilines is 1. The summed E-state index contributed by atoms with van der Waals surface area (Å²) in [6, 6.07) is 18.5. The van der Waals surface area contributed by atoms with Gasteiger partial charge in [0.2, 0.25) is 0 Å². The fraction of sp³-hybridized carbons (Fsp3) is 0.107. The normalized spacial score (nSPS) is 11.0. The minimum absolute atomic E-state index is 0.0508. The Morgan fingerprint density at radius 3 is 2.42 bits per heavy atom. The van der Waals surface area contributed by atoms with Crippen LogP contribution in [0.3, 0.4) is 0 Å². The highest BCUT2D eigenvalue weighted by atomic mass is 32.1. The Kier molecular flexibility index (Phi) is 7.80. The summed E-state index contributed by atoms with van der Waals surface area (Å²) in [6.45, 7) is 3.81. The van der Waals surface area contributed by atoms with Gasteiger partial charge in [-0.3, -0.25) is 14.9 Å². The van der Waals surface area contributed by atoms with Gasteiger partial charge < -0.3 is 14.5 Å². The molecule has 0 atom stereocenters. The van der Waals surface area contributed by atoms with Crippen LogP contribution >= 0.6 is 11.3 Å². The smallest absolute Gasteiger partial charge is 0.341 e. The number of aryl methyl sites for hydroxylation is 1. The molecule has 0 fully saturated rings. The maximum absolute atomic E-state index is 13.0. The third kappa shape index (κ3) is 5.69. The second-order valence-electron chi connectivity index (χ2n) is 8.07. The summed E-state index contributed by atoms with van der Waals surface area (Å²) < 4.78 is 10.9. The Bertz CT molecular complexity index is 1570. The number of carbonyl (C=O) groups excluding carboxylic acids is 2. The summed E-state index contributed by atoms with van der Waals surface area (Å²) in [5.74, 6) is -0.652. The van der Waals surface area contributed by atoms with E-state index in [1.54, 1.807) is 36.6 Å². The minimum atomic E-state index is -0.719. The Balaban J connectivity index is 1.59. The van der Waals surface area contributed by atoms with Crippen molar-refractivity contribution in [2.24, 2.45) is 0 Å². The quantitative estimate of drug-likeness (QED) is 0.0894. The van der Waals surface area contributed by atoms with Crippen LogP contribution in [0.4, 0.5) is 10.7 Å². The molecule has 0 saturated carbocycles. The number of carbonyl (C=O) groups is 2. The second kappa shape index (κ2) is 11.4. The molecule has 2 heterocycles. The van der Waals surface area contributed by atoms with Crippen LogP contribution in [0.1, 0.15) is 28.6 Å². The Labute approximate surface area is 221 Å². The van der Waals surface area contributed by atoms with Gasteiger partial charge in [-0.2, -0.15) is 5.26 Å². The van der Waals surface area contributed by atoms with Crippen molar-refractivity contribution < 1.29 is 23.7 Å². The van der Waals surface area contributed by atoms with Crippen LogP contribution in [0.5, 0.6) is 0 Å². The van der Waals surface area contributed by atoms with Gasteiger partial charge in [-0.1, -0.05) is 29.8 Å². The van der Waals surface area contributed by atoms with Crippen molar-refractivity contribution in [3.05, 3.63) is 98.6 Å². The van der Waals surface area contributed by atoms with Crippen molar-refractivity contribution in [3.8, 4) is 28.5 Å². The van der Waals surface area contributed by atoms with E-state index in [0.717, 1.165) is 22.5 Å². The number of esters is 1. The number of benzene rings is 2. The third-order valence-electron chi connectivity index (χ3n) is 5.50. The number of hydrogen-bond donors (Lipinski definition) is 1. The number of rotatable bonds is 8. The van der Waals surface area contributed by atoms with Gasteiger partial charge in [0, 0.05) is 34.7 Å². The first kappa shape index (κ1) is 26.1. The summed E-state index contributed by atoms with van der Waals surface area (Å²) in [7, 11) is 0. The molecule has 190 valence electrons. The first-order chi connectivity index (χ1) is 18.3. The van der Waals surface area contributed by atoms with E-state index in [-0.39, 0.29) is 34.2 Å². The van der Waals surface area contributed by atoms with E-state index in [9.17, 15) is 25.0 Å². The fourth-order valence-electron chi connectivity index (χ4n) is 3.60. The maximum Gasteiger partial charge on any atom is 0.341 e. The molecule has 0 radical (unpaired) electrons. The summed E-state index contributed by atoms with van der Waals surface area (Å²) in [4.78, 5) is 36.2. The molecule has 0 saturated heterocycles. The zero-order valence-corrected chi connectivity index (χ0v) is 21.2. The lowest BCUT2D eigenvalue weighted by atomic mass is 10.0. The molecule has 0 bridgehead atoms. The number of nitro benzene ring substituents is 1. The minimum Gasteiger partial charge on any atom is -0.462 e. The summed E-state index contributed by atoms with van der Waals surface area (Å²) in [5, 5.41) is 25.2. The lowest BCUT2D eigenvalue weighted by Crippen LogP contribution is -2.16. The number of non-ortho nitro benzene ring substituents is 1. The van der Waals surface area contributed by atoms with Gasteiger partial charge in [0.05, 0.1) is 11.5 Å². The molecule has 0 spiro atoms. The summed E-state index contributed by atoms with van der Waals surface area (Å²) in [6.07, 6.45) is 1.28.